The van der Waals surface area contributed by atoms with E-state index in [9.17, 15) is 4.79 Å². The number of hydrogen-bond donors (Lipinski definition) is 2. The van der Waals surface area contributed by atoms with Crippen molar-refractivity contribution in [1.29, 1.82) is 0 Å². The number of nitrogens with one attached hydrogen (secondary N) is 2. The Balaban J connectivity index is 1.66. The van der Waals surface area contributed by atoms with Crippen molar-refractivity contribution in [3.05, 3.63) is 0 Å². The van der Waals surface area contributed by atoms with Crippen molar-refractivity contribution < 1.29 is 14.3 Å². The van der Waals surface area contributed by atoms with Crippen LogP contribution in [0.25, 0.3) is 0 Å². The Morgan fingerprint density at radius 2 is 2.21 bits per heavy atom. The van der Waals surface area contributed by atoms with Gasteiger partial charge in [0, 0.05) is 26.3 Å². The molecule has 1 spiro atoms. The van der Waals surface area contributed by atoms with Gasteiger partial charge in [-0.15, -0.1) is 0 Å². The van der Waals surface area contributed by atoms with Gasteiger partial charge in [0.2, 0.25) is 5.91 Å². The molecule has 1 saturated carbocycles. The summed E-state index contributed by atoms with van der Waals surface area (Å²) >= 11 is 0. The third-order valence-electron chi connectivity index (χ3n) is 4.19. The van der Waals surface area contributed by atoms with Crippen LogP contribution in [0.5, 0.6) is 0 Å². The van der Waals surface area contributed by atoms with E-state index in [1.807, 2.05) is 0 Å². The third kappa shape index (κ3) is 4.44. The van der Waals surface area contributed by atoms with Gasteiger partial charge < -0.3 is 20.1 Å². The molecule has 0 aromatic carbocycles. The molecule has 2 N–H and O–H groups in total. The molecule has 1 heterocycles. The van der Waals surface area contributed by atoms with E-state index >= 15 is 0 Å². The molecule has 2 fully saturated rings. The molecule has 2 aliphatic rings. The van der Waals surface area contributed by atoms with Gasteiger partial charge in [-0.1, -0.05) is 12.8 Å². The Hall–Kier alpha value is -0.650. The van der Waals surface area contributed by atoms with Crippen molar-refractivity contribution in [3.8, 4) is 0 Å². The van der Waals surface area contributed by atoms with Gasteiger partial charge in [0.15, 0.2) is 0 Å². The highest BCUT2D eigenvalue weighted by Crippen LogP contribution is 2.39. The van der Waals surface area contributed by atoms with Crippen LogP contribution in [0.4, 0.5) is 0 Å². The minimum absolute atomic E-state index is 0.0454. The zero-order valence-electron chi connectivity index (χ0n) is 11.9. The van der Waals surface area contributed by atoms with Gasteiger partial charge in [0.1, 0.15) is 0 Å². The average molecular weight is 270 g/mol. The average Bonchev–Trinajstić information content (AvgIpc) is 2.85. The summed E-state index contributed by atoms with van der Waals surface area (Å²) in [6.07, 6.45) is 7.00. The molecular weight excluding hydrogens is 244 g/mol. The van der Waals surface area contributed by atoms with Gasteiger partial charge in [-0.3, -0.25) is 4.79 Å². The number of amides is 1. The smallest absolute Gasteiger partial charge is 0.234 e. The predicted molar refractivity (Wildman–Crippen MR) is 73.1 cm³/mol. The summed E-state index contributed by atoms with van der Waals surface area (Å²) < 4.78 is 10.9. The molecule has 0 bridgehead atoms. The molecular formula is C14H26N2O3. The van der Waals surface area contributed by atoms with E-state index in [2.05, 4.69) is 10.6 Å². The first-order chi connectivity index (χ1) is 9.24. The Bertz CT molecular complexity index is 290. The van der Waals surface area contributed by atoms with Crippen LogP contribution in [0.3, 0.4) is 0 Å². The summed E-state index contributed by atoms with van der Waals surface area (Å²) in [5, 5.41) is 6.19. The van der Waals surface area contributed by atoms with Crippen molar-refractivity contribution in [2.75, 3.05) is 33.4 Å². The van der Waals surface area contributed by atoms with Crippen molar-refractivity contribution in [2.24, 2.45) is 0 Å². The van der Waals surface area contributed by atoms with Crippen molar-refractivity contribution in [1.82, 2.24) is 10.6 Å². The van der Waals surface area contributed by atoms with Crippen LogP contribution >= 0.6 is 0 Å². The molecule has 1 atom stereocenters. The van der Waals surface area contributed by atoms with Crippen LogP contribution in [-0.2, 0) is 14.3 Å². The van der Waals surface area contributed by atoms with Gasteiger partial charge in [-0.2, -0.15) is 0 Å². The molecule has 0 radical (unpaired) electrons. The zero-order valence-corrected chi connectivity index (χ0v) is 11.9. The van der Waals surface area contributed by atoms with Crippen molar-refractivity contribution in [2.45, 2.75) is 50.2 Å². The minimum atomic E-state index is 0.0454. The molecule has 1 amide bonds. The number of rotatable bonds is 6. The Morgan fingerprint density at radius 3 is 2.95 bits per heavy atom. The summed E-state index contributed by atoms with van der Waals surface area (Å²) in [5.74, 6) is 0.0454. The predicted octanol–water partition coefficient (Wildman–Crippen LogP) is 0.830. The van der Waals surface area contributed by atoms with E-state index in [1.54, 1.807) is 7.11 Å². The second-order valence-electron chi connectivity index (χ2n) is 5.65. The molecule has 1 unspecified atom stereocenters. The van der Waals surface area contributed by atoms with Crippen molar-refractivity contribution in [3.63, 3.8) is 0 Å². The van der Waals surface area contributed by atoms with Gasteiger partial charge >= 0.3 is 0 Å². The molecule has 5 heteroatoms. The number of carbonyl (C=O) groups is 1. The molecule has 0 aromatic heterocycles. The Kier molecular flexibility index (Phi) is 5.60. The number of hydrogen-bond acceptors (Lipinski definition) is 4. The molecule has 2 rings (SSSR count). The van der Waals surface area contributed by atoms with Gasteiger partial charge in [0.05, 0.1) is 18.8 Å². The van der Waals surface area contributed by atoms with Crippen LogP contribution in [0.1, 0.15) is 38.5 Å². The van der Waals surface area contributed by atoms with Crippen LogP contribution in [0, 0.1) is 0 Å². The van der Waals surface area contributed by atoms with E-state index in [0.717, 1.165) is 19.4 Å². The van der Waals surface area contributed by atoms with Gasteiger partial charge in [-0.05, 0) is 25.7 Å². The second-order valence-corrected chi connectivity index (χ2v) is 5.65. The lowest BCUT2D eigenvalue weighted by Crippen LogP contribution is -2.48. The van der Waals surface area contributed by atoms with Crippen LogP contribution in [-0.4, -0.2) is 51.0 Å². The highest BCUT2D eigenvalue weighted by atomic mass is 16.5. The zero-order chi connectivity index (χ0) is 13.6. The van der Waals surface area contributed by atoms with E-state index in [-0.39, 0.29) is 11.5 Å². The second kappa shape index (κ2) is 7.22. The fourth-order valence-corrected chi connectivity index (χ4v) is 3.16. The number of carbonyl (C=O) groups excluding carboxylic acids is 1. The fourth-order valence-electron chi connectivity index (χ4n) is 3.16. The van der Waals surface area contributed by atoms with E-state index in [4.69, 9.17) is 9.47 Å². The standard InChI is InChI=1S/C14H26N2O3/c1-18-9-7-15-13(17)11-16-12-4-8-19-14(10-12)5-2-3-6-14/h12,16H,2-11H2,1H3,(H,15,17). The molecule has 1 aliphatic heterocycles. The Morgan fingerprint density at radius 1 is 1.42 bits per heavy atom. The third-order valence-corrected chi connectivity index (χ3v) is 4.19. The summed E-state index contributed by atoms with van der Waals surface area (Å²) in [6.45, 7) is 2.36. The lowest BCUT2D eigenvalue weighted by Gasteiger charge is -2.38. The van der Waals surface area contributed by atoms with Crippen LogP contribution in [0.2, 0.25) is 0 Å². The maximum absolute atomic E-state index is 11.6. The van der Waals surface area contributed by atoms with Crippen LogP contribution in [0.15, 0.2) is 0 Å². The molecule has 1 aliphatic carbocycles. The monoisotopic (exact) mass is 270 g/mol. The van der Waals surface area contributed by atoms with E-state index in [0.29, 0.717) is 25.7 Å². The lowest BCUT2D eigenvalue weighted by molar-refractivity contribution is -0.121. The summed E-state index contributed by atoms with van der Waals surface area (Å²) in [5.41, 5.74) is 0.114. The molecule has 19 heavy (non-hydrogen) atoms. The highest BCUT2D eigenvalue weighted by Gasteiger charge is 2.39. The molecule has 110 valence electrons. The summed E-state index contributed by atoms with van der Waals surface area (Å²) in [6, 6.07) is 0.417. The fraction of sp³-hybridized carbons (Fsp3) is 0.929. The quantitative estimate of drug-likeness (QED) is 0.702. The van der Waals surface area contributed by atoms with Gasteiger partial charge in [0.25, 0.3) is 0 Å². The van der Waals surface area contributed by atoms with E-state index in [1.165, 1.54) is 25.7 Å². The normalized spacial score (nSPS) is 25.6. The molecule has 1 saturated heterocycles. The first-order valence-electron chi connectivity index (χ1n) is 7.37. The lowest BCUT2D eigenvalue weighted by atomic mass is 9.89. The maximum Gasteiger partial charge on any atom is 0.234 e. The first-order valence-corrected chi connectivity index (χ1v) is 7.37. The van der Waals surface area contributed by atoms with Crippen molar-refractivity contribution >= 4 is 5.91 Å². The van der Waals surface area contributed by atoms with Crippen LogP contribution < -0.4 is 10.6 Å². The minimum Gasteiger partial charge on any atom is -0.383 e. The summed E-state index contributed by atoms with van der Waals surface area (Å²) in [7, 11) is 1.63. The van der Waals surface area contributed by atoms with E-state index < -0.39 is 0 Å². The first kappa shape index (κ1) is 14.8. The highest BCUT2D eigenvalue weighted by molar-refractivity contribution is 5.77. The largest absolute Gasteiger partial charge is 0.383 e. The topological polar surface area (TPSA) is 59.6 Å². The number of ether oxygens (including phenoxy) is 2. The van der Waals surface area contributed by atoms with Gasteiger partial charge in [-0.25, -0.2) is 0 Å². The number of methoxy groups -OCH3 is 1. The molecule has 5 nitrogen and oxygen atoms in total. The maximum atomic E-state index is 11.6. The Labute approximate surface area is 115 Å². The molecule has 0 aromatic rings. The SMILES string of the molecule is COCCNC(=O)CNC1CCOC2(CCCC2)C1. The summed E-state index contributed by atoms with van der Waals surface area (Å²) in [4.78, 5) is 11.6.